The van der Waals surface area contributed by atoms with E-state index in [0.717, 1.165) is 6.42 Å². The lowest BCUT2D eigenvalue weighted by Crippen LogP contribution is -2.05. The molecule has 0 radical (unpaired) electrons. The minimum atomic E-state index is 0.259. The fourth-order valence-electron chi connectivity index (χ4n) is 3.49. The van der Waals surface area contributed by atoms with Crippen molar-refractivity contribution >= 4 is 10.8 Å². The summed E-state index contributed by atoms with van der Waals surface area (Å²) < 4.78 is 0. The first-order valence-electron chi connectivity index (χ1n) is 8.86. The second kappa shape index (κ2) is 7.25. The van der Waals surface area contributed by atoms with E-state index in [-0.39, 0.29) is 5.92 Å². The summed E-state index contributed by atoms with van der Waals surface area (Å²) in [6.07, 6.45) is 0.936. The van der Waals surface area contributed by atoms with Gasteiger partial charge in [0.15, 0.2) is 0 Å². The van der Waals surface area contributed by atoms with E-state index in [4.69, 9.17) is 5.26 Å². The molecule has 4 aromatic rings. The van der Waals surface area contributed by atoms with Gasteiger partial charge in [-0.1, -0.05) is 84.9 Å². The van der Waals surface area contributed by atoms with E-state index in [1.54, 1.807) is 0 Å². The van der Waals surface area contributed by atoms with Gasteiger partial charge in [-0.05, 0) is 46.0 Å². The standard InChI is InChI=1S/C25H19N/c26-18-20-10-12-22(13-11-20)25(16-19-6-2-1-3-7-19)24-15-14-21-8-4-5-9-23(21)17-24/h1-15,17,25H,16H2. The predicted octanol–water partition coefficient (Wildman–Crippen LogP) is 6.09. The monoisotopic (exact) mass is 333 g/mol. The molecule has 4 rings (SSSR count). The van der Waals surface area contributed by atoms with Gasteiger partial charge in [-0.15, -0.1) is 0 Å². The number of nitrogens with zero attached hydrogens (tertiary/aromatic N) is 1. The molecule has 1 heteroatoms. The Morgan fingerprint density at radius 1 is 0.654 bits per heavy atom. The van der Waals surface area contributed by atoms with Crippen LogP contribution in [-0.2, 0) is 6.42 Å². The molecule has 1 unspecified atom stereocenters. The number of hydrogen-bond donors (Lipinski definition) is 0. The van der Waals surface area contributed by atoms with Gasteiger partial charge in [-0.25, -0.2) is 0 Å². The fourth-order valence-corrected chi connectivity index (χ4v) is 3.49. The number of nitriles is 1. The third-order valence-corrected chi connectivity index (χ3v) is 4.90. The molecule has 1 nitrogen and oxygen atoms in total. The molecule has 0 bridgehead atoms. The molecular weight excluding hydrogens is 314 g/mol. The highest BCUT2D eigenvalue weighted by Crippen LogP contribution is 2.31. The van der Waals surface area contributed by atoms with E-state index in [0.29, 0.717) is 5.56 Å². The van der Waals surface area contributed by atoms with Gasteiger partial charge < -0.3 is 0 Å². The van der Waals surface area contributed by atoms with Crippen molar-refractivity contribution < 1.29 is 0 Å². The molecule has 0 aromatic heterocycles. The van der Waals surface area contributed by atoms with Crippen LogP contribution in [0.3, 0.4) is 0 Å². The highest BCUT2D eigenvalue weighted by atomic mass is 14.2. The highest BCUT2D eigenvalue weighted by Gasteiger charge is 2.15. The largest absolute Gasteiger partial charge is 0.192 e. The molecule has 0 saturated heterocycles. The van der Waals surface area contributed by atoms with Gasteiger partial charge in [0.25, 0.3) is 0 Å². The molecule has 0 spiro atoms. The molecule has 0 saturated carbocycles. The summed E-state index contributed by atoms with van der Waals surface area (Å²) >= 11 is 0. The molecule has 0 N–H and O–H groups in total. The van der Waals surface area contributed by atoms with Crippen LogP contribution in [-0.4, -0.2) is 0 Å². The van der Waals surface area contributed by atoms with Crippen molar-refractivity contribution in [3.63, 3.8) is 0 Å². The minimum Gasteiger partial charge on any atom is -0.192 e. The normalized spacial score (nSPS) is 11.8. The van der Waals surface area contributed by atoms with Crippen LogP contribution >= 0.6 is 0 Å². The van der Waals surface area contributed by atoms with E-state index in [1.807, 2.05) is 12.1 Å². The fraction of sp³-hybridized carbons (Fsp3) is 0.0800. The van der Waals surface area contributed by atoms with E-state index in [9.17, 15) is 0 Å². The van der Waals surface area contributed by atoms with Crippen molar-refractivity contribution in [2.24, 2.45) is 0 Å². The molecular formula is C25H19N. The Bertz CT molecular complexity index is 1060. The highest BCUT2D eigenvalue weighted by molar-refractivity contribution is 5.83. The smallest absolute Gasteiger partial charge is 0.0991 e. The SMILES string of the molecule is N#Cc1ccc(C(Cc2ccccc2)c2ccc3ccccc3c2)cc1. The van der Waals surface area contributed by atoms with Crippen LogP contribution in [0.5, 0.6) is 0 Å². The number of hydrogen-bond acceptors (Lipinski definition) is 1. The van der Waals surface area contributed by atoms with Crippen LogP contribution in [0.2, 0.25) is 0 Å². The van der Waals surface area contributed by atoms with E-state index in [1.165, 1.54) is 27.5 Å². The third kappa shape index (κ3) is 3.36. The quantitative estimate of drug-likeness (QED) is 0.443. The Balaban J connectivity index is 1.78. The van der Waals surface area contributed by atoms with Crippen molar-refractivity contribution in [3.8, 4) is 6.07 Å². The number of benzene rings is 4. The van der Waals surface area contributed by atoms with Gasteiger partial charge in [0.05, 0.1) is 11.6 Å². The summed E-state index contributed by atoms with van der Waals surface area (Å²) in [5, 5.41) is 11.6. The maximum Gasteiger partial charge on any atom is 0.0991 e. The number of fused-ring (bicyclic) bond motifs is 1. The lowest BCUT2D eigenvalue weighted by atomic mass is 9.85. The Hall–Kier alpha value is -3.37. The Labute approximate surface area is 154 Å². The second-order valence-electron chi connectivity index (χ2n) is 6.58. The number of rotatable bonds is 4. The van der Waals surface area contributed by atoms with E-state index >= 15 is 0 Å². The molecule has 26 heavy (non-hydrogen) atoms. The van der Waals surface area contributed by atoms with Gasteiger partial charge >= 0.3 is 0 Å². The van der Waals surface area contributed by atoms with Crippen molar-refractivity contribution in [1.29, 1.82) is 5.26 Å². The van der Waals surface area contributed by atoms with Crippen molar-refractivity contribution in [2.75, 3.05) is 0 Å². The first-order valence-corrected chi connectivity index (χ1v) is 8.86. The van der Waals surface area contributed by atoms with Crippen molar-refractivity contribution in [3.05, 3.63) is 119 Å². The van der Waals surface area contributed by atoms with Gasteiger partial charge in [0.1, 0.15) is 0 Å². The lowest BCUT2D eigenvalue weighted by Gasteiger charge is -2.19. The Kier molecular flexibility index (Phi) is 4.50. The second-order valence-corrected chi connectivity index (χ2v) is 6.58. The molecule has 0 aliphatic rings. The average Bonchev–Trinajstić information content (AvgIpc) is 2.72. The summed E-state index contributed by atoms with van der Waals surface area (Å²) in [5.74, 6) is 0.259. The van der Waals surface area contributed by atoms with Gasteiger partial charge in [-0.3, -0.25) is 0 Å². The zero-order valence-electron chi connectivity index (χ0n) is 14.5. The first-order chi connectivity index (χ1) is 12.8. The lowest BCUT2D eigenvalue weighted by molar-refractivity contribution is 0.806. The summed E-state index contributed by atoms with van der Waals surface area (Å²) in [6, 6.07) is 36.0. The van der Waals surface area contributed by atoms with Crippen LogP contribution in [0.25, 0.3) is 10.8 Å². The average molecular weight is 333 g/mol. The Morgan fingerprint density at radius 2 is 1.31 bits per heavy atom. The van der Waals surface area contributed by atoms with Gasteiger partial charge in [0, 0.05) is 5.92 Å². The summed E-state index contributed by atoms with van der Waals surface area (Å²) in [5.41, 5.74) is 4.56. The van der Waals surface area contributed by atoms with Crippen LogP contribution in [0.1, 0.15) is 28.2 Å². The molecule has 0 fully saturated rings. The zero-order chi connectivity index (χ0) is 17.8. The topological polar surface area (TPSA) is 23.8 Å². The summed E-state index contributed by atoms with van der Waals surface area (Å²) in [6.45, 7) is 0. The molecule has 0 heterocycles. The van der Waals surface area contributed by atoms with Crippen LogP contribution in [0, 0.1) is 11.3 Å². The molecule has 0 aliphatic carbocycles. The maximum atomic E-state index is 9.09. The van der Waals surface area contributed by atoms with Gasteiger partial charge in [-0.2, -0.15) is 5.26 Å². The van der Waals surface area contributed by atoms with Crippen LogP contribution in [0.4, 0.5) is 0 Å². The molecule has 0 aliphatic heterocycles. The van der Waals surface area contributed by atoms with Crippen LogP contribution < -0.4 is 0 Å². The summed E-state index contributed by atoms with van der Waals surface area (Å²) in [7, 11) is 0. The van der Waals surface area contributed by atoms with Crippen molar-refractivity contribution in [2.45, 2.75) is 12.3 Å². The summed E-state index contributed by atoms with van der Waals surface area (Å²) in [4.78, 5) is 0. The van der Waals surface area contributed by atoms with Crippen molar-refractivity contribution in [1.82, 2.24) is 0 Å². The molecule has 1 atom stereocenters. The first kappa shape index (κ1) is 16.1. The molecule has 4 aromatic carbocycles. The Morgan fingerprint density at radius 3 is 2.04 bits per heavy atom. The van der Waals surface area contributed by atoms with E-state index in [2.05, 4.69) is 91.0 Å². The molecule has 124 valence electrons. The predicted molar refractivity (Wildman–Crippen MR) is 107 cm³/mol. The third-order valence-electron chi connectivity index (χ3n) is 4.90. The van der Waals surface area contributed by atoms with E-state index < -0.39 is 0 Å². The molecule has 0 amide bonds. The minimum absolute atomic E-state index is 0.259. The van der Waals surface area contributed by atoms with Gasteiger partial charge in [0.2, 0.25) is 0 Å². The van der Waals surface area contributed by atoms with Crippen LogP contribution in [0.15, 0.2) is 97.1 Å². The zero-order valence-corrected chi connectivity index (χ0v) is 14.5. The maximum absolute atomic E-state index is 9.09.